The summed E-state index contributed by atoms with van der Waals surface area (Å²) >= 11 is 6.12. The van der Waals surface area contributed by atoms with Crippen LogP contribution in [0.2, 0.25) is 5.02 Å². The molecule has 1 aromatic heterocycles. The Bertz CT molecular complexity index is 1420. The number of halogens is 1. The first kappa shape index (κ1) is 24.8. The molecule has 0 aliphatic carbocycles. The summed E-state index contributed by atoms with van der Waals surface area (Å²) < 4.78 is 6.91. The quantitative estimate of drug-likeness (QED) is 0.156. The minimum Gasteiger partial charge on any atom is -0.502 e. The second-order valence-electron chi connectivity index (χ2n) is 8.25. The summed E-state index contributed by atoms with van der Waals surface area (Å²) in [4.78, 5) is 39.9. The zero-order valence-electron chi connectivity index (χ0n) is 19.6. The zero-order valence-corrected chi connectivity index (χ0v) is 20.3. The van der Waals surface area contributed by atoms with E-state index in [-0.39, 0.29) is 11.6 Å². The molecular formula is C28H23ClN2O5. The van der Waals surface area contributed by atoms with E-state index in [0.29, 0.717) is 27.1 Å². The van der Waals surface area contributed by atoms with E-state index < -0.39 is 23.6 Å². The van der Waals surface area contributed by atoms with E-state index in [0.717, 1.165) is 6.08 Å². The van der Waals surface area contributed by atoms with E-state index in [1.165, 1.54) is 15.7 Å². The van der Waals surface area contributed by atoms with Crippen molar-refractivity contribution in [3.8, 4) is 0 Å². The van der Waals surface area contributed by atoms with Gasteiger partial charge in [-0.1, -0.05) is 72.3 Å². The average molecular weight is 503 g/mol. The number of aliphatic hydroxyl groups is 1. The van der Waals surface area contributed by atoms with Crippen LogP contribution >= 0.6 is 11.6 Å². The standard InChI is InChI=1S/C28H23ClN2O5/c1-30(2)28(35)31-17-22(21-15-20(29)13-14-23(21)31)24(32)16-25(33)27(34)36-26(18-9-5-3-6-10-18)19-11-7-4-8-12-19/h3-17,26,33H,1-2H3. The number of carbonyl (C=O) groups excluding carboxylic acids is 3. The molecule has 4 rings (SSSR count). The Kier molecular flexibility index (Phi) is 7.22. The predicted octanol–water partition coefficient (Wildman–Crippen LogP) is 5.78. The van der Waals surface area contributed by atoms with Gasteiger partial charge in [0, 0.05) is 42.3 Å². The Labute approximate surface area is 212 Å². The van der Waals surface area contributed by atoms with E-state index in [1.54, 1.807) is 56.6 Å². The molecule has 1 heterocycles. The summed E-state index contributed by atoms with van der Waals surface area (Å²) in [5.74, 6) is -2.61. The summed E-state index contributed by atoms with van der Waals surface area (Å²) in [5.41, 5.74) is 1.97. The second kappa shape index (κ2) is 10.5. The SMILES string of the molecule is CN(C)C(=O)n1cc(C(=O)C=C(O)C(=O)OC(c2ccccc2)c2ccccc2)c2cc(Cl)ccc21. The third kappa shape index (κ3) is 5.16. The van der Waals surface area contributed by atoms with Crippen molar-refractivity contribution in [2.24, 2.45) is 0 Å². The number of fused-ring (bicyclic) bond motifs is 1. The molecule has 36 heavy (non-hydrogen) atoms. The molecule has 1 amide bonds. The van der Waals surface area contributed by atoms with E-state index in [1.807, 2.05) is 36.4 Å². The van der Waals surface area contributed by atoms with Gasteiger partial charge in [-0.25, -0.2) is 9.59 Å². The molecule has 8 heteroatoms. The van der Waals surface area contributed by atoms with Gasteiger partial charge in [0.15, 0.2) is 11.9 Å². The lowest BCUT2D eigenvalue weighted by Gasteiger charge is -2.18. The molecule has 0 unspecified atom stereocenters. The molecule has 7 nitrogen and oxygen atoms in total. The number of ketones is 1. The van der Waals surface area contributed by atoms with Crippen LogP contribution in [0.4, 0.5) is 4.79 Å². The Balaban J connectivity index is 1.65. The van der Waals surface area contributed by atoms with Crippen LogP contribution in [0.5, 0.6) is 0 Å². The van der Waals surface area contributed by atoms with Crippen molar-refractivity contribution in [2.75, 3.05) is 14.1 Å². The van der Waals surface area contributed by atoms with Gasteiger partial charge in [0.05, 0.1) is 5.52 Å². The van der Waals surface area contributed by atoms with Gasteiger partial charge in [0.1, 0.15) is 0 Å². The number of hydrogen-bond acceptors (Lipinski definition) is 5. The first-order valence-electron chi connectivity index (χ1n) is 11.0. The molecular weight excluding hydrogens is 480 g/mol. The van der Waals surface area contributed by atoms with Gasteiger partial charge in [0.25, 0.3) is 0 Å². The molecule has 0 aliphatic heterocycles. The van der Waals surface area contributed by atoms with E-state index >= 15 is 0 Å². The van der Waals surface area contributed by atoms with Crippen molar-refractivity contribution >= 4 is 40.3 Å². The summed E-state index contributed by atoms with van der Waals surface area (Å²) in [5, 5.41) is 11.3. The monoisotopic (exact) mass is 502 g/mol. The van der Waals surface area contributed by atoms with E-state index in [4.69, 9.17) is 16.3 Å². The van der Waals surface area contributed by atoms with Crippen LogP contribution in [0, 0.1) is 0 Å². The molecule has 0 bridgehead atoms. The summed E-state index contributed by atoms with van der Waals surface area (Å²) in [6.07, 6.45) is 1.36. The topological polar surface area (TPSA) is 88.8 Å². The van der Waals surface area contributed by atoms with Gasteiger partial charge < -0.3 is 14.7 Å². The Morgan fingerprint density at radius 2 is 1.53 bits per heavy atom. The van der Waals surface area contributed by atoms with E-state index in [9.17, 15) is 19.5 Å². The van der Waals surface area contributed by atoms with Gasteiger partial charge >= 0.3 is 12.0 Å². The van der Waals surface area contributed by atoms with Crippen molar-refractivity contribution < 1.29 is 24.2 Å². The van der Waals surface area contributed by atoms with Crippen LogP contribution in [0.15, 0.2) is 96.9 Å². The fourth-order valence-electron chi connectivity index (χ4n) is 3.78. The highest BCUT2D eigenvalue weighted by Gasteiger charge is 2.24. The Hall–Kier alpha value is -4.36. The molecule has 4 aromatic rings. The van der Waals surface area contributed by atoms with Crippen molar-refractivity contribution in [1.29, 1.82) is 0 Å². The Morgan fingerprint density at radius 3 is 2.08 bits per heavy atom. The lowest BCUT2D eigenvalue weighted by atomic mass is 10.0. The summed E-state index contributed by atoms with van der Waals surface area (Å²) in [7, 11) is 3.17. The lowest BCUT2D eigenvalue weighted by molar-refractivity contribution is -0.145. The smallest absolute Gasteiger partial charge is 0.374 e. The zero-order chi connectivity index (χ0) is 25.8. The number of aromatic nitrogens is 1. The number of amides is 1. The average Bonchev–Trinajstić information content (AvgIpc) is 3.26. The van der Waals surface area contributed by atoms with Gasteiger partial charge in [-0.2, -0.15) is 0 Å². The number of carbonyl (C=O) groups is 3. The van der Waals surface area contributed by atoms with Gasteiger partial charge in [0.2, 0.25) is 5.76 Å². The molecule has 3 aromatic carbocycles. The fraction of sp³-hybridized carbons (Fsp3) is 0.107. The van der Waals surface area contributed by atoms with Gasteiger partial charge in [-0.3, -0.25) is 9.36 Å². The highest BCUT2D eigenvalue weighted by molar-refractivity contribution is 6.31. The third-order valence-corrected chi connectivity index (χ3v) is 5.76. The molecule has 0 spiro atoms. The summed E-state index contributed by atoms with van der Waals surface area (Å²) in [6, 6.07) is 22.6. The van der Waals surface area contributed by atoms with Crippen molar-refractivity contribution in [3.05, 3.63) is 119 Å². The first-order valence-corrected chi connectivity index (χ1v) is 11.4. The maximum absolute atomic E-state index is 13.1. The largest absolute Gasteiger partial charge is 0.502 e. The fourth-order valence-corrected chi connectivity index (χ4v) is 3.96. The number of esters is 1. The van der Waals surface area contributed by atoms with Crippen molar-refractivity contribution in [3.63, 3.8) is 0 Å². The van der Waals surface area contributed by atoms with Crippen LogP contribution < -0.4 is 0 Å². The number of aliphatic hydroxyl groups excluding tert-OH is 1. The van der Waals surface area contributed by atoms with Crippen LogP contribution in [0.1, 0.15) is 27.6 Å². The molecule has 0 saturated heterocycles. The summed E-state index contributed by atoms with van der Waals surface area (Å²) in [6.45, 7) is 0. The number of rotatable bonds is 6. The molecule has 0 aliphatic rings. The van der Waals surface area contributed by atoms with Gasteiger partial charge in [-0.15, -0.1) is 0 Å². The number of hydrogen-bond donors (Lipinski definition) is 1. The van der Waals surface area contributed by atoms with Crippen LogP contribution in [0.3, 0.4) is 0 Å². The normalized spacial score (nSPS) is 11.5. The predicted molar refractivity (Wildman–Crippen MR) is 137 cm³/mol. The molecule has 0 saturated carbocycles. The number of ether oxygens (including phenoxy) is 1. The van der Waals surface area contributed by atoms with Crippen LogP contribution in [-0.4, -0.2) is 46.5 Å². The van der Waals surface area contributed by atoms with Crippen LogP contribution in [0.25, 0.3) is 10.9 Å². The van der Waals surface area contributed by atoms with Crippen molar-refractivity contribution in [2.45, 2.75) is 6.10 Å². The number of benzene rings is 3. The minimum atomic E-state index is -1.06. The van der Waals surface area contributed by atoms with Gasteiger partial charge in [-0.05, 0) is 29.3 Å². The lowest BCUT2D eigenvalue weighted by Crippen LogP contribution is -2.26. The molecule has 0 fully saturated rings. The minimum absolute atomic E-state index is 0.102. The highest BCUT2D eigenvalue weighted by atomic mass is 35.5. The third-order valence-electron chi connectivity index (χ3n) is 5.53. The first-order chi connectivity index (χ1) is 17.3. The Morgan fingerprint density at radius 1 is 0.944 bits per heavy atom. The number of allylic oxidation sites excluding steroid dienone is 1. The van der Waals surface area contributed by atoms with Crippen LogP contribution in [-0.2, 0) is 9.53 Å². The second-order valence-corrected chi connectivity index (χ2v) is 8.69. The van der Waals surface area contributed by atoms with E-state index in [2.05, 4.69) is 0 Å². The molecule has 0 atom stereocenters. The highest BCUT2D eigenvalue weighted by Crippen LogP contribution is 2.28. The maximum atomic E-state index is 13.1. The van der Waals surface area contributed by atoms with Crippen molar-refractivity contribution in [1.82, 2.24) is 9.47 Å². The number of nitrogens with zero attached hydrogens (tertiary/aromatic N) is 2. The maximum Gasteiger partial charge on any atom is 0.374 e. The molecule has 182 valence electrons. The molecule has 0 radical (unpaired) electrons. The molecule has 1 N–H and O–H groups in total.